The SMILES string of the molecule is Cc1cc(OC(C)C(=O)NC2CCC(C(=O)O)CC2)ccc1Cl. The molecule has 126 valence electrons. The summed E-state index contributed by atoms with van der Waals surface area (Å²) in [6, 6.07) is 5.29. The zero-order valence-electron chi connectivity index (χ0n) is 13.3. The molecule has 1 aliphatic carbocycles. The first-order chi connectivity index (χ1) is 10.9. The largest absolute Gasteiger partial charge is 0.481 e. The number of carboxylic acid groups (broad SMARTS) is 1. The predicted molar refractivity (Wildman–Crippen MR) is 87.8 cm³/mol. The molecule has 23 heavy (non-hydrogen) atoms. The van der Waals surface area contributed by atoms with Crippen LogP contribution in [-0.4, -0.2) is 29.1 Å². The number of ether oxygens (including phenoxy) is 1. The Hall–Kier alpha value is -1.75. The van der Waals surface area contributed by atoms with Crippen LogP contribution in [0.1, 0.15) is 38.2 Å². The quantitative estimate of drug-likeness (QED) is 0.864. The van der Waals surface area contributed by atoms with Gasteiger partial charge in [0, 0.05) is 11.1 Å². The summed E-state index contributed by atoms with van der Waals surface area (Å²) in [6.07, 6.45) is 1.97. The van der Waals surface area contributed by atoms with Gasteiger partial charge in [-0.25, -0.2) is 0 Å². The van der Waals surface area contributed by atoms with E-state index in [9.17, 15) is 9.59 Å². The Bertz CT molecular complexity index is 582. The molecule has 6 heteroatoms. The second kappa shape index (κ2) is 7.68. The van der Waals surface area contributed by atoms with Crippen LogP contribution < -0.4 is 10.1 Å². The van der Waals surface area contributed by atoms with E-state index in [-0.39, 0.29) is 17.9 Å². The highest BCUT2D eigenvalue weighted by molar-refractivity contribution is 6.31. The standard InChI is InChI=1S/C17H22ClNO4/c1-10-9-14(7-8-15(10)18)23-11(2)16(20)19-13-5-3-12(4-6-13)17(21)22/h7-9,11-13H,3-6H2,1-2H3,(H,19,20)(H,21,22). The number of hydrogen-bond donors (Lipinski definition) is 2. The molecule has 1 fully saturated rings. The van der Waals surface area contributed by atoms with Gasteiger partial charge in [0.2, 0.25) is 0 Å². The molecule has 1 atom stereocenters. The lowest BCUT2D eigenvalue weighted by atomic mass is 9.86. The number of nitrogens with one attached hydrogen (secondary N) is 1. The molecule has 1 amide bonds. The number of aliphatic carboxylic acids is 1. The van der Waals surface area contributed by atoms with Gasteiger partial charge in [-0.15, -0.1) is 0 Å². The third kappa shape index (κ3) is 4.86. The fourth-order valence-corrected chi connectivity index (χ4v) is 2.87. The van der Waals surface area contributed by atoms with Crippen LogP contribution in [0.4, 0.5) is 0 Å². The number of aryl methyl sites for hydroxylation is 1. The summed E-state index contributed by atoms with van der Waals surface area (Å²) in [5.41, 5.74) is 0.892. The first kappa shape index (κ1) is 17.6. The summed E-state index contributed by atoms with van der Waals surface area (Å²) in [4.78, 5) is 23.1. The summed E-state index contributed by atoms with van der Waals surface area (Å²) in [5, 5.41) is 12.6. The number of amides is 1. The third-order valence-corrected chi connectivity index (χ3v) is 4.66. The van der Waals surface area contributed by atoms with E-state index in [2.05, 4.69) is 5.32 Å². The Morgan fingerprint density at radius 3 is 2.52 bits per heavy atom. The smallest absolute Gasteiger partial charge is 0.306 e. The number of benzene rings is 1. The molecule has 0 radical (unpaired) electrons. The molecule has 0 heterocycles. The van der Waals surface area contributed by atoms with Gasteiger partial charge in [0.05, 0.1) is 5.92 Å². The average Bonchev–Trinajstić information content (AvgIpc) is 2.51. The van der Waals surface area contributed by atoms with Gasteiger partial charge in [-0.1, -0.05) is 11.6 Å². The van der Waals surface area contributed by atoms with Crippen LogP contribution >= 0.6 is 11.6 Å². The monoisotopic (exact) mass is 339 g/mol. The minimum atomic E-state index is -0.746. The molecule has 0 spiro atoms. The summed E-state index contributed by atoms with van der Waals surface area (Å²) in [5.74, 6) is -0.612. The number of carbonyl (C=O) groups excluding carboxylic acids is 1. The Kier molecular flexibility index (Phi) is 5.88. The molecular weight excluding hydrogens is 318 g/mol. The Balaban J connectivity index is 1.83. The van der Waals surface area contributed by atoms with Crippen LogP contribution in [0.5, 0.6) is 5.75 Å². The highest BCUT2D eigenvalue weighted by Crippen LogP contribution is 2.25. The first-order valence-corrected chi connectivity index (χ1v) is 8.20. The van der Waals surface area contributed by atoms with Crippen LogP contribution in [0.15, 0.2) is 18.2 Å². The number of carbonyl (C=O) groups is 2. The maximum atomic E-state index is 12.2. The molecule has 0 bridgehead atoms. The van der Waals surface area contributed by atoms with E-state index >= 15 is 0 Å². The van der Waals surface area contributed by atoms with E-state index in [4.69, 9.17) is 21.4 Å². The maximum absolute atomic E-state index is 12.2. The van der Waals surface area contributed by atoms with E-state index in [1.807, 2.05) is 6.92 Å². The van der Waals surface area contributed by atoms with Gasteiger partial charge >= 0.3 is 5.97 Å². The van der Waals surface area contributed by atoms with Gasteiger partial charge < -0.3 is 15.2 Å². The van der Waals surface area contributed by atoms with Crippen LogP contribution in [0.25, 0.3) is 0 Å². The molecular formula is C17H22ClNO4. The van der Waals surface area contributed by atoms with Crippen molar-refractivity contribution < 1.29 is 19.4 Å². The summed E-state index contributed by atoms with van der Waals surface area (Å²) in [6.45, 7) is 3.57. The predicted octanol–water partition coefficient (Wildman–Crippen LogP) is 3.18. The van der Waals surface area contributed by atoms with Gasteiger partial charge in [0.15, 0.2) is 6.10 Å². The molecule has 1 aromatic rings. The molecule has 1 saturated carbocycles. The van der Waals surface area contributed by atoms with E-state index in [0.29, 0.717) is 36.5 Å². The van der Waals surface area contributed by atoms with E-state index in [1.54, 1.807) is 25.1 Å². The van der Waals surface area contributed by atoms with E-state index in [0.717, 1.165) is 5.56 Å². The summed E-state index contributed by atoms with van der Waals surface area (Å²) >= 11 is 5.97. The van der Waals surface area contributed by atoms with Crippen LogP contribution in [0, 0.1) is 12.8 Å². The summed E-state index contributed by atoms with van der Waals surface area (Å²) in [7, 11) is 0. The van der Waals surface area contributed by atoms with Crippen molar-refractivity contribution in [1.82, 2.24) is 5.32 Å². The van der Waals surface area contributed by atoms with Crippen molar-refractivity contribution in [3.05, 3.63) is 28.8 Å². The van der Waals surface area contributed by atoms with Crippen molar-refractivity contribution in [3.63, 3.8) is 0 Å². The van der Waals surface area contributed by atoms with Crippen LogP contribution in [0.3, 0.4) is 0 Å². The summed E-state index contributed by atoms with van der Waals surface area (Å²) < 4.78 is 5.65. The molecule has 0 saturated heterocycles. The van der Waals surface area contributed by atoms with Crippen molar-refractivity contribution in [1.29, 1.82) is 0 Å². The minimum absolute atomic E-state index is 0.0242. The molecule has 5 nitrogen and oxygen atoms in total. The lowest BCUT2D eigenvalue weighted by Crippen LogP contribution is -2.44. The average molecular weight is 340 g/mol. The number of rotatable bonds is 5. The van der Waals surface area contributed by atoms with Gasteiger partial charge in [0.25, 0.3) is 5.91 Å². The van der Waals surface area contributed by atoms with Crippen molar-refractivity contribution >= 4 is 23.5 Å². The van der Waals surface area contributed by atoms with Gasteiger partial charge in [0.1, 0.15) is 5.75 Å². The molecule has 0 aromatic heterocycles. The van der Waals surface area contributed by atoms with Crippen LogP contribution in [0.2, 0.25) is 5.02 Å². The second-order valence-corrected chi connectivity index (χ2v) is 6.47. The first-order valence-electron chi connectivity index (χ1n) is 7.83. The van der Waals surface area contributed by atoms with Crippen molar-refractivity contribution in [2.45, 2.75) is 51.7 Å². The van der Waals surface area contributed by atoms with Crippen molar-refractivity contribution in [3.8, 4) is 5.75 Å². The zero-order valence-corrected chi connectivity index (χ0v) is 14.1. The van der Waals surface area contributed by atoms with Crippen LogP contribution in [-0.2, 0) is 9.59 Å². The molecule has 1 unspecified atom stereocenters. The maximum Gasteiger partial charge on any atom is 0.306 e. The zero-order chi connectivity index (χ0) is 17.0. The molecule has 2 N–H and O–H groups in total. The van der Waals surface area contributed by atoms with Gasteiger partial charge in [-0.3, -0.25) is 9.59 Å². The molecule has 2 rings (SSSR count). The fourth-order valence-electron chi connectivity index (χ4n) is 2.75. The Labute approximate surface area is 141 Å². The highest BCUT2D eigenvalue weighted by Gasteiger charge is 2.28. The van der Waals surface area contributed by atoms with Gasteiger partial charge in [-0.05, 0) is 63.3 Å². The number of hydrogen-bond acceptors (Lipinski definition) is 3. The second-order valence-electron chi connectivity index (χ2n) is 6.07. The van der Waals surface area contributed by atoms with Gasteiger partial charge in [-0.2, -0.15) is 0 Å². The Morgan fingerprint density at radius 2 is 1.96 bits per heavy atom. The third-order valence-electron chi connectivity index (χ3n) is 4.23. The topological polar surface area (TPSA) is 75.6 Å². The fraction of sp³-hybridized carbons (Fsp3) is 0.529. The Morgan fingerprint density at radius 1 is 1.30 bits per heavy atom. The number of halogens is 1. The minimum Gasteiger partial charge on any atom is -0.481 e. The lowest BCUT2D eigenvalue weighted by molar-refractivity contribution is -0.142. The number of carboxylic acids is 1. The molecule has 0 aliphatic heterocycles. The molecule has 1 aliphatic rings. The normalized spacial score (nSPS) is 22.2. The van der Waals surface area contributed by atoms with Crippen molar-refractivity contribution in [2.24, 2.45) is 5.92 Å². The van der Waals surface area contributed by atoms with E-state index in [1.165, 1.54) is 0 Å². The highest BCUT2D eigenvalue weighted by atomic mass is 35.5. The van der Waals surface area contributed by atoms with E-state index < -0.39 is 12.1 Å². The van der Waals surface area contributed by atoms with Crippen molar-refractivity contribution in [2.75, 3.05) is 0 Å². The lowest BCUT2D eigenvalue weighted by Gasteiger charge is -2.28. The molecule has 1 aromatic carbocycles.